The van der Waals surface area contributed by atoms with Gasteiger partial charge in [-0.25, -0.2) is 4.79 Å². The fraction of sp³-hybridized carbons (Fsp3) is 0.438. The highest BCUT2D eigenvalue weighted by atomic mass is 19.4. The summed E-state index contributed by atoms with van der Waals surface area (Å²) in [5.41, 5.74) is 3.67. The Bertz CT molecular complexity index is 1450. The van der Waals surface area contributed by atoms with Crippen molar-refractivity contribution in [3.8, 4) is 17.0 Å². The number of nitrogens with zero attached hydrogens (tertiary/aromatic N) is 3. The number of para-hydroxylation sites is 2. The van der Waals surface area contributed by atoms with E-state index in [0.717, 1.165) is 54.7 Å². The Morgan fingerprint density at radius 1 is 0.976 bits per heavy atom. The Labute approximate surface area is 242 Å². The predicted octanol–water partition coefficient (Wildman–Crippen LogP) is 6.30. The number of carbonyl (C=O) groups excluding carboxylic acids is 1. The molecule has 2 amide bonds. The zero-order chi connectivity index (χ0) is 29.1. The van der Waals surface area contributed by atoms with Crippen LogP contribution < -0.4 is 19.9 Å². The van der Waals surface area contributed by atoms with Gasteiger partial charge in [-0.1, -0.05) is 24.3 Å². The molecule has 2 heterocycles. The van der Waals surface area contributed by atoms with Crippen molar-refractivity contribution in [1.82, 2.24) is 10.3 Å². The lowest BCUT2D eigenvalue weighted by molar-refractivity contribution is -0.153. The number of pyridine rings is 1. The van der Waals surface area contributed by atoms with Crippen molar-refractivity contribution in [2.45, 2.75) is 49.9 Å². The molecule has 1 aromatic heterocycles. The molecule has 0 radical (unpaired) electrons. The highest BCUT2D eigenvalue weighted by Crippen LogP contribution is 2.55. The summed E-state index contributed by atoms with van der Waals surface area (Å²) in [7, 11) is 0. The lowest BCUT2D eigenvalue weighted by Gasteiger charge is -2.58. The minimum absolute atomic E-state index is 0.0619. The number of ether oxygens (including phenoxy) is 1. The van der Waals surface area contributed by atoms with Crippen LogP contribution in [0.15, 0.2) is 66.9 Å². The molecule has 2 N–H and O–H groups in total. The first-order valence-electron chi connectivity index (χ1n) is 14.6. The molecule has 10 heteroatoms. The highest BCUT2D eigenvalue weighted by molar-refractivity contribution is 5.98. The summed E-state index contributed by atoms with van der Waals surface area (Å²) in [6.07, 6.45) is 1.57. The number of aliphatic hydroxyl groups is 1. The van der Waals surface area contributed by atoms with E-state index in [9.17, 15) is 23.1 Å². The van der Waals surface area contributed by atoms with Crippen LogP contribution in [0.5, 0.6) is 5.75 Å². The summed E-state index contributed by atoms with van der Waals surface area (Å²) in [5, 5.41) is 14.3. The number of hydrogen-bond acceptors (Lipinski definition) is 5. The van der Waals surface area contributed by atoms with Crippen LogP contribution in [0.3, 0.4) is 0 Å². The summed E-state index contributed by atoms with van der Waals surface area (Å²) >= 11 is 0. The molecule has 5 aliphatic rings. The largest absolute Gasteiger partial charge is 0.483 e. The first-order chi connectivity index (χ1) is 20.1. The fourth-order valence-electron chi connectivity index (χ4n) is 7.89. The van der Waals surface area contributed by atoms with Crippen molar-refractivity contribution >= 4 is 23.1 Å². The van der Waals surface area contributed by atoms with E-state index < -0.39 is 18.4 Å². The van der Waals surface area contributed by atoms with Crippen molar-refractivity contribution in [3.05, 3.63) is 66.9 Å². The zero-order valence-corrected chi connectivity index (χ0v) is 23.1. The minimum atomic E-state index is -4.40. The molecular weight excluding hydrogens is 545 g/mol. The molecule has 3 aromatic rings. The number of amides is 2. The van der Waals surface area contributed by atoms with Crippen LogP contribution in [-0.4, -0.2) is 53.6 Å². The average molecular weight is 579 g/mol. The van der Waals surface area contributed by atoms with Gasteiger partial charge in [-0.15, -0.1) is 0 Å². The SMILES string of the molecule is O=C(NC1C2CC3CC1CC(O)(C3)C2)N1CCN(c2ccc(-c3ccc(OCC(F)(F)F)cn3)cc2)c2ccccc21. The van der Waals surface area contributed by atoms with E-state index in [-0.39, 0.29) is 17.8 Å². The molecule has 7 nitrogen and oxygen atoms in total. The van der Waals surface area contributed by atoms with E-state index in [2.05, 4.69) is 15.2 Å². The summed E-state index contributed by atoms with van der Waals surface area (Å²) < 4.78 is 42.0. The maximum absolute atomic E-state index is 13.7. The van der Waals surface area contributed by atoms with E-state index in [0.29, 0.717) is 36.5 Å². The number of urea groups is 1. The van der Waals surface area contributed by atoms with Crippen LogP contribution in [0.1, 0.15) is 32.1 Å². The van der Waals surface area contributed by atoms with Gasteiger partial charge in [-0.05, 0) is 86.3 Å². The van der Waals surface area contributed by atoms with Gasteiger partial charge in [-0.3, -0.25) is 9.88 Å². The average Bonchev–Trinajstić information content (AvgIpc) is 2.96. The minimum Gasteiger partial charge on any atom is -0.483 e. The second kappa shape index (κ2) is 10.2. The monoisotopic (exact) mass is 578 g/mol. The number of carbonyl (C=O) groups is 1. The quantitative estimate of drug-likeness (QED) is 0.372. The molecule has 8 rings (SSSR count). The smallest absolute Gasteiger partial charge is 0.422 e. The van der Waals surface area contributed by atoms with E-state index in [1.165, 1.54) is 12.3 Å². The van der Waals surface area contributed by atoms with Crippen LogP contribution in [0.4, 0.5) is 35.0 Å². The number of halogens is 3. The van der Waals surface area contributed by atoms with Gasteiger partial charge >= 0.3 is 12.2 Å². The second-order valence-electron chi connectivity index (χ2n) is 12.3. The van der Waals surface area contributed by atoms with Crippen molar-refractivity contribution in [1.29, 1.82) is 0 Å². The van der Waals surface area contributed by atoms with E-state index in [4.69, 9.17) is 4.74 Å². The van der Waals surface area contributed by atoms with Gasteiger partial charge in [0.2, 0.25) is 0 Å². The number of alkyl halides is 3. The van der Waals surface area contributed by atoms with Gasteiger partial charge in [0.1, 0.15) is 5.75 Å². The number of anilines is 3. The molecule has 2 aromatic carbocycles. The molecular formula is C32H33F3N4O3. The maximum atomic E-state index is 13.7. The lowest BCUT2D eigenvalue weighted by Crippen LogP contribution is -2.63. The molecule has 1 aliphatic heterocycles. The van der Waals surface area contributed by atoms with Crippen LogP contribution in [0.2, 0.25) is 0 Å². The zero-order valence-electron chi connectivity index (χ0n) is 23.1. The Kier molecular flexibility index (Phi) is 6.56. The van der Waals surface area contributed by atoms with Crippen molar-refractivity contribution in [3.63, 3.8) is 0 Å². The highest BCUT2D eigenvalue weighted by Gasteiger charge is 2.55. The molecule has 4 saturated carbocycles. The van der Waals surface area contributed by atoms with Gasteiger partial charge in [0.15, 0.2) is 6.61 Å². The van der Waals surface area contributed by atoms with E-state index in [1.54, 1.807) is 6.07 Å². The normalized spacial score (nSPS) is 28.0. The van der Waals surface area contributed by atoms with Crippen LogP contribution >= 0.6 is 0 Å². The lowest BCUT2D eigenvalue weighted by atomic mass is 9.52. The van der Waals surface area contributed by atoms with Crippen molar-refractivity contribution in [2.75, 3.05) is 29.5 Å². The molecule has 4 bridgehead atoms. The third kappa shape index (κ3) is 5.17. The summed E-state index contributed by atoms with van der Waals surface area (Å²) in [4.78, 5) is 21.9. The number of rotatable bonds is 5. The Hall–Kier alpha value is -3.79. The molecule has 2 unspecified atom stereocenters. The molecule has 4 fully saturated rings. The van der Waals surface area contributed by atoms with Crippen LogP contribution in [-0.2, 0) is 0 Å². The molecule has 42 heavy (non-hydrogen) atoms. The Balaban J connectivity index is 1.05. The maximum Gasteiger partial charge on any atom is 0.422 e. The topological polar surface area (TPSA) is 77.9 Å². The Morgan fingerprint density at radius 3 is 2.33 bits per heavy atom. The molecule has 2 atom stereocenters. The predicted molar refractivity (Wildman–Crippen MR) is 153 cm³/mol. The van der Waals surface area contributed by atoms with Gasteiger partial charge in [0, 0.05) is 30.4 Å². The third-order valence-electron chi connectivity index (χ3n) is 9.40. The fourth-order valence-corrected chi connectivity index (χ4v) is 7.89. The summed E-state index contributed by atoms with van der Waals surface area (Å²) in [5.74, 6) is 1.34. The van der Waals surface area contributed by atoms with Gasteiger partial charge in [0.05, 0.1) is 28.9 Å². The second-order valence-corrected chi connectivity index (χ2v) is 12.3. The van der Waals surface area contributed by atoms with Crippen molar-refractivity contribution in [2.24, 2.45) is 17.8 Å². The number of hydrogen-bond donors (Lipinski definition) is 2. The van der Waals surface area contributed by atoms with Crippen LogP contribution in [0, 0.1) is 17.8 Å². The first kappa shape index (κ1) is 27.1. The first-order valence-corrected chi connectivity index (χ1v) is 14.6. The third-order valence-corrected chi connectivity index (χ3v) is 9.40. The van der Waals surface area contributed by atoms with Gasteiger partial charge in [0.25, 0.3) is 0 Å². The summed E-state index contributed by atoms with van der Waals surface area (Å²) in [6.45, 7) is -0.210. The van der Waals surface area contributed by atoms with Crippen molar-refractivity contribution < 1.29 is 27.8 Å². The van der Waals surface area contributed by atoms with Gasteiger partial charge in [-0.2, -0.15) is 13.2 Å². The van der Waals surface area contributed by atoms with Gasteiger partial charge < -0.3 is 20.1 Å². The molecule has 0 spiro atoms. The number of benzene rings is 2. The molecule has 4 aliphatic carbocycles. The van der Waals surface area contributed by atoms with E-state index in [1.807, 2.05) is 53.4 Å². The number of fused-ring (bicyclic) bond motifs is 1. The number of aromatic nitrogens is 1. The Morgan fingerprint density at radius 2 is 1.69 bits per heavy atom. The standard InChI is InChI=1S/C32H33F3N4O3/c33-32(34,35)19-42-25-9-10-26(36-18-25)21-5-7-24(8-6-21)38-11-12-39(28-4-2-1-3-27(28)38)30(40)37-29-22-13-20-14-23(29)17-31(41,15-20)16-22/h1-10,18,20,22-23,29,41H,11-17,19H2,(H,37,40). The number of nitrogens with one attached hydrogen (secondary N) is 1. The van der Waals surface area contributed by atoms with E-state index >= 15 is 0 Å². The molecule has 0 saturated heterocycles. The molecule has 220 valence electrons. The van der Waals surface area contributed by atoms with Crippen LogP contribution in [0.25, 0.3) is 11.3 Å². The summed E-state index contributed by atoms with van der Waals surface area (Å²) in [6, 6.07) is 18.9.